The molecule has 1 N–H and O–H groups in total. The maximum atomic E-state index is 10.5. The Bertz CT molecular complexity index is 512. The van der Waals surface area contributed by atoms with Gasteiger partial charge < -0.3 is 5.32 Å². The molecule has 0 bridgehead atoms. The minimum Gasteiger partial charge on any atom is -0.361 e. The van der Waals surface area contributed by atoms with Gasteiger partial charge in [-0.3, -0.25) is 10.1 Å². The third kappa shape index (κ3) is 2.80. The first-order valence-corrected chi connectivity index (χ1v) is 6.35. The molecule has 0 aromatic carbocycles. The molecule has 0 saturated heterocycles. The van der Waals surface area contributed by atoms with Crippen LogP contribution in [-0.2, 0) is 0 Å². The fourth-order valence-corrected chi connectivity index (χ4v) is 2.28. The summed E-state index contributed by atoms with van der Waals surface area (Å²) in [5.41, 5.74) is -0.0113. The standard InChI is InChI=1S/C11H12N4O2S/c1-2-9(11-12-5-6-18-11)14-10-4-3-8(7-13-10)15(16)17/h3-7,9H,2H2,1H3,(H,13,14). The molecule has 0 aliphatic carbocycles. The van der Waals surface area contributed by atoms with E-state index in [1.54, 1.807) is 23.6 Å². The number of rotatable bonds is 5. The van der Waals surface area contributed by atoms with Gasteiger partial charge in [0.2, 0.25) is 0 Å². The summed E-state index contributed by atoms with van der Waals surface area (Å²) < 4.78 is 0. The minimum absolute atomic E-state index is 0.0113. The molecule has 0 spiro atoms. The van der Waals surface area contributed by atoms with Crippen molar-refractivity contribution in [1.82, 2.24) is 9.97 Å². The zero-order chi connectivity index (χ0) is 13.0. The second-order valence-electron chi connectivity index (χ2n) is 3.63. The normalized spacial score (nSPS) is 12.1. The Hall–Kier alpha value is -2.02. The molecule has 0 fully saturated rings. The molecule has 2 rings (SSSR count). The highest BCUT2D eigenvalue weighted by molar-refractivity contribution is 7.09. The minimum atomic E-state index is -0.463. The van der Waals surface area contributed by atoms with Crippen LogP contribution in [0.2, 0.25) is 0 Å². The quantitative estimate of drug-likeness (QED) is 0.663. The van der Waals surface area contributed by atoms with Crippen molar-refractivity contribution in [3.8, 4) is 0 Å². The molecule has 1 unspecified atom stereocenters. The van der Waals surface area contributed by atoms with E-state index in [-0.39, 0.29) is 11.7 Å². The maximum absolute atomic E-state index is 10.5. The number of pyridine rings is 1. The summed E-state index contributed by atoms with van der Waals surface area (Å²) in [7, 11) is 0. The van der Waals surface area contributed by atoms with Crippen molar-refractivity contribution >= 4 is 22.8 Å². The van der Waals surface area contributed by atoms with Crippen LogP contribution in [0.25, 0.3) is 0 Å². The van der Waals surface area contributed by atoms with E-state index in [1.807, 2.05) is 12.3 Å². The lowest BCUT2D eigenvalue weighted by Crippen LogP contribution is -2.10. The Morgan fingerprint density at radius 1 is 1.50 bits per heavy atom. The first kappa shape index (κ1) is 12.4. The fraction of sp³-hybridized carbons (Fsp3) is 0.273. The van der Waals surface area contributed by atoms with Gasteiger partial charge in [-0.15, -0.1) is 11.3 Å². The zero-order valence-electron chi connectivity index (χ0n) is 9.74. The highest BCUT2D eigenvalue weighted by atomic mass is 32.1. The average molecular weight is 264 g/mol. The molecule has 0 amide bonds. The lowest BCUT2D eigenvalue weighted by atomic mass is 10.2. The monoisotopic (exact) mass is 264 g/mol. The highest BCUT2D eigenvalue weighted by Gasteiger charge is 2.13. The van der Waals surface area contributed by atoms with Crippen LogP contribution < -0.4 is 5.32 Å². The van der Waals surface area contributed by atoms with E-state index in [2.05, 4.69) is 15.3 Å². The molecule has 0 saturated carbocycles. The Kier molecular flexibility index (Phi) is 3.83. The summed E-state index contributed by atoms with van der Waals surface area (Å²) in [6.45, 7) is 2.05. The smallest absolute Gasteiger partial charge is 0.287 e. The number of nitrogens with one attached hydrogen (secondary N) is 1. The van der Waals surface area contributed by atoms with Gasteiger partial charge in [0.15, 0.2) is 0 Å². The van der Waals surface area contributed by atoms with Crippen LogP contribution in [0.3, 0.4) is 0 Å². The number of hydrogen-bond acceptors (Lipinski definition) is 6. The van der Waals surface area contributed by atoms with Crippen molar-refractivity contribution in [2.45, 2.75) is 19.4 Å². The number of hydrogen-bond donors (Lipinski definition) is 1. The maximum Gasteiger partial charge on any atom is 0.287 e. The van der Waals surface area contributed by atoms with E-state index in [0.29, 0.717) is 5.82 Å². The van der Waals surface area contributed by atoms with Crippen LogP contribution in [0.15, 0.2) is 29.9 Å². The second-order valence-corrected chi connectivity index (χ2v) is 4.56. The van der Waals surface area contributed by atoms with Crippen molar-refractivity contribution in [2.24, 2.45) is 0 Å². The van der Waals surface area contributed by atoms with E-state index in [4.69, 9.17) is 0 Å². The summed E-state index contributed by atoms with van der Waals surface area (Å²) >= 11 is 1.57. The van der Waals surface area contributed by atoms with Gasteiger partial charge in [-0.1, -0.05) is 6.92 Å². The van der Waals surface area contributed by atoms with Crippen molar-refractivity contribution in [2.75, 3.05) is 5.32 Å². The van der Waals surface area contributed by atoms with E-state index in [1.165, 1.54) is 12.3 Å². The largest absolute Gasteiger partial charge is 0.361 e. The Morgan fingerprint density at radius 3 is 2.83 bits per heavy atom. The van der Waals surface area contributed by atoms with Gasteiger partial charge in [-0.2, -0.15) is 0 Å². The topological polar surface area (TPSA) is 81.0 Å². The van der Waals surface area contributed by atoms with Gasteiger partial charge in [0.05, 0.1) is 11.0 Å². The third-order valence-electron chi connectivity index (χ3n) is 2.44. The number of nitrogens with zero attached hydrogens (tertiary/aromatic N) is 3. The van der Waals surface area contributed by atoms with Crippen LogP contribution in [0.1, 0.15) is 24.4 Å². The molecule has 2 aromatic rings. The van der Waals surface area contributed by atoms with Gasteiger partial charge in [0, 0.05) is 17.6 Å². The van der Waals surface area contributed by atoms with Crippen LogP contribution in [-0.4, -0.2) is 14.9 Å². The SMILES string of the molecule is CCC(Nc1ccc([N+](=O)[O-])cn1)c1nccs1. The Balaban J connectivity index is 2.10. The van der Waals surface area contributed by atoms with Gasteiger partial charge in [0.25, 0.3) is 5.69 Å². The summed E-state index contributed by atoms with van der Waals surface area (Å²) in [5.74, 6) is 0.614. The molecule has 2 aromatic heterocycles. The van der Waals surface area contributed by atoms with Crippen LogP contribution in [0.5, 0.6) is 0 Å². The summed E-state index contributed by atoms with van der Waals surface area (Å²) in [6, 6.07) is 3.12. The second kappa shape index (κ2) is 5.54. The van der Waals surface area contributed by atoms with E-state index in [9.17, 15) is 10.1 Å². The molecule has 0 radical (unpaired) electrons. The summed E-state index contributed by atoms with van der Waals surface area (Å²) in [6.07, 6.45) is 3.87. The van der Waals surface area contributed by atoms with Gasteiger partial charge in [-0.25, -0.2) is 9.97 Å². The zero-order valence-corrected chi connectivity index (χ0v) is 10.6. The van der Waals surface area contributed by atoms with Crippen LogP contribution in [0, 0.1) is 10.1 Å². The molecule has 1 atom stereocenters. The van der Waals surface area contributed by atoms with Crippen LogP contribution in [0.4, 0.5) is 11.5 Å². The Labute approximate surface area is 108 Å². The molecular formula is C11H12N4O2S. The molecule has 94 valence electrons. The number of nitro groups is 1. The molecule has 7 heteroatoms. The van der Waals surface area contributed by atoms with Gasteiger partial charge >= 0.3 is 0 Å². The Morgan fingerprint density at radius 2 is 2.33 bits per heavy atom. The summed E-state index contributed by atoms with van der Waals surface area (Å²) in [4.78, 5) is 18.3. The number of aromatic nitrogens is 2. The van der Waals surface area contributed by atoms with Crippen molar-refractivity contribution < 1.29 is 4.92 Å². The fourth-order valence-electron chi connectivity index (χ4n) is 1.50. The first-order valence-electron chi connectivity index (χ1n) is 5.47. The van der Waals surface area contributed by atoms with Crippen molar-refractivity contribution in [3.05, 3.63) is 45.0 Å². The van der Waals surface area contributed by atoms with Crippen molar-refractivity contribution in [1.29, 1.82) is 0 Å². The van der Waals surface area contributed by atoms with E-state index < -0.39 is 4.92 Å². The lowest BCUT2D eigenvalue weighted by molar-refractivity contribution is -0.385. The molecule has 18 heavy (non-hydrogen) atoms. The van der Waals surface area contributed by atoms with Crippen LogP contribution >= 0.6 is 11.3 Å². The van der Waals surface area contributed by atoms with Crippen molar-refractivity contribution in [3.63, 3.8) is 0 Å². The predicted molar refractivity (Wildman–Crippen MR) is 69.7 cm³/mol. The molecular weight excluding hydrogens is 252 g/mol. The number of anilines is 1. The predicted octanol–water partition coefficient (Wildman–Crippen LogP) is 3.01. The number of thiazole rings is 1. The van der Waals surface area contributed by atoms with E-state index >= 15 is 0 Å². The lowest BCUT2D eigenvalue weighted by Gasteiger charge is -2.14. The molecule has 6 nitrogen and oxygen atoms in total. The molecule has 2 heterocycles. The first-order chi connectivity index (χ1) is 8.70. The third-order valence-corrected chi connectivity index (χ3v) is 3.33. The average Bonchev–Trinajstić information content (AvgIpc) is 2.90. The molecule has 0 aliphatic heterocycles. The summed E-state index contributed by atoms with van der Waals surface area (Å²) in [5, 5.41) is 16.6. The van der Waals surface area contributed by atoms with E-state index in [0.717, 1.165) is 11.4 Å². The highest BCUT2D eigenvalue weighted by Crippen LogP contribution is 2.23. The van der Waals surface area contributed by atoms with Gasteiger partial charge in [0.1, 0.15) is 17.0 Å². The van der Waals surface area contributed by atoms with Gasteiger partial charge in [-0.05, 0) is 12.5 Å². The molecule has 0 aliphatic rings.